The summed E-state index contributed by atoms with van der Waals surface area (Å²) in [5.41, 5.74) is 2.05. The molecule has 1 atom stereocenters. The van der Waals surface area contributed by atoms with Crippen molar-refractivity contribution in [1.82, 2.24) is 15.5 Å². The quantitative estimate of drug-likeness (QED) is 0.646. The average molecular weight is 431 g/mol. The summed E-state index contributed by atoms with van der Waals surface area (Å²) < 4.78 is 0.973. The Hall–Kier alpha value is -2.12. The van der Waals surface area contributed by atoms with Gasteiger partial charge in [0.25, 0.3) is 0 Å². The summed E-state index contributed by atoms with van der Waals surface area (Å²) in [5.74, 6) is 1.00. The molecule has 7 heteroatoms. The van der Waals surface area contributed by atoms with Gasteiger partial charge in [0.2, 0.25) is 5.91 Å². The highest BCUT2D eigenvalue weighted by Gasteiger charge is 2.25. The molecule has 0 aliphatic carbocycles. The van der Waals surface area contributed by atoms with Crippen molar-refractivity contribution in [2.45, 2.75) is 18.9 Å². The van der Waals surface area contributed by atoms with Crippen LogP contribution in [0, 0.1) is 0 Å². The number of H-pyrrole nitrogens is 1. The van der Waals surface area contributed by atoms with Crippen LogP contribution in [0.1, 0.15) is 12.0 Å². The molecular formula is C19H19BrN4OS. The van der Waals surface area contributed by atoms with Crippen LogP contribution in [0.25, 0.3) is 10.6 Å². The van der Waals surface area contributed by atoms with E-state index in [1.807, 2.05) is 30.3 Å². The second-order valence-electron chi connectivity index (χ2n) is 6.38. The van der Waals surface area contributed by atoms with Crippen LogP contribution >= 0.6 is 27.3 Å². The molecule has 5 nitrogen and oxygen atoms in total. The maximum Gasteiger partial charge on any atom is 0.224 e. The fourth-order valence-electron chi connectivity index (χ4n) is 3.21. The number of amides is 1. The molecule has 0 saturated carbocycles. The summed E-state index contributed by atoms with van der Waals surface area (Å²) in [4.78, 5) is 15.8. The summed E-state index contributed by atoms with van der Waals surface area (Å²) in [5, 5.41) is 12.8. The van der Waals surface area contributed by atoms with Gasteiger partial charge in [-0.25, -0.2) is 0 Å². The van der Waals surface area contributed by atoms with Crippen LogP contribution in [-0.2, 0) is 11.2 Å². The maximum atomic E-state index is 12.4. The molecule has 26 heavy (non-hydrogen) atoms. The number of hydrogen-bond donors (Lipinski definition) is 2. The third-order valence-electron chi connectivity index (χ3n) is 4.54. The van der Waals surface area contributed by atoms with E-state index in [-0.39, 0.29) is 11.9 Å². The van der Waals surface area contributed by atoms with Gasteiger partial charge in [0.15, 0.2) is 5.82 Å². The molecule has 2 aromatic heterocycles. The smallest absolute Gasteiger partial charge is 0.224 e. The molecule has 1 aromatic carbocycles. The van der Waals surface area contributed by atoms with Gasteiger partial charge < -0.3 is 10.2 Å². The van der Waals surface area contributed by atoms with E-state index in [2.05, 4.69) is 53.9 Å². The number of hydrogen-bond acceptors (Lipinski definition) is 4. The predicted octanol–water partition coefficient (Wildman–Crippen LogP) is 3.84. The van der Waals surface area contributed by atoms with Crippen molar-refractivity contribution in [3.05, 3.63) is 57.9 Å². The zero-order chi connectivity index (χ0) is 17.9. The van der Waals surface area contributed by atoms with Crippen LogP contribution in [0.15, 0.2) is 52.3 Å². The lowest BCUT2D eigenvalue weighted by atomic mass is 10.1. The number of anilines is 1. The molecule has 3 aromatic rings. The van der Waals surface area contributed by atoms with Gasteiger partial charge in [0.05, 0.1) is 17.0 Å². The molecule has 2 N–H and O–H groups in total. The molecule has 4 rings (SSSR count). The van der Waals surface area contributed by atoms with Gasteiger partial charge in [-0.1, -0.05) is 40.2 Å². The minimum Gasteiger partial charge on any atom is -0.353 e. The largest absolute Gasteiger partial charge is 0.353 e. The highest BCUT2D eigenvalue weighted by atomic mass is 79.9. The molecule has 1 amide bonds. The number of nitrogens with one attached hydrogen (secondary N) is 2. The molecule has 1 aliphatic rings. The first-order valence-corrected chi connectivity index (χ1v) is 10.2. The van der Waals surface area contributed by atoms with E-state index in [9.17, 15) is 4.79 Å². The zero-order valence-electron chi connectivity index (χ0n) is 14.1. The molecule has 0 spiro atoms. The summed E-state index contributed by atoms with van der Waals surface area (Å²) in [6, 6.07) is 14.2. The van der Waals surface area contributed by atoms with Crippen LogP contribution in [0.2, 0.25) is 0 Å². The second kappa shape index (κ2) is 7.63. The van der Waals surface area contributed by atoms with Crippen LogP contribution < -0.4 is 10.2 Å². The van der Waals surface area contributed by atoms with Crippen molar-refractivity contribution < 1.29 is 4.79 Å². The Bertz CT molecular complexity index is 893. The lowest BCUT2D eigenvalue weighted by molar-refractivity contribution is -0.121. The van der Waals surface area contributed by atoms with Crippen molar-refractivity contribution in [2.75, 3.05) is 18.0 Å². The standard InChI is InChI=1S/C19H19BrN4OS/c20-15-5-2-1-4-13(15)10-19(25)21-14-7-8-24(12-14)18-11-16(22-23-18)17-6-3-9-26-17/h1-6,9,11,14H,7-8,10,12H2,(H,21,25)(H,22,23). The average Bonchev–Trinajstić information content (AvgIpc) is 3.37. The van der Waals surface area contributed by atoms with Crippen molar-refractivity contribution in [1.29, 1.82) is 0 Å². The number of nitrogens with zero attached hydrogens (tertiary/aromatic N) is 2. The Morgan fingerprint density at radius 1 is 1.35 bits per heavy atom. The monoisotopic (exact) mass is 430 g/mol. The number of carbonyl (C=O) groups excluding carboxylic acids is 1. The number of halogens is 1. The number of benzene rings is 1. The van der Waals surface area contributed by atoms with E-state index < -0.39 is 0 Å². The SMILES string of the molecule is O=C(Cc1ccccc1Br)NC1CCN(c2cc(-c3cccs3)[nH]n2)C1. The number of aromatic nitrogens is 2. The van der Waals surface area contributed by atoms with Crippen molar-refractivity contribution in [3.8, 4) is 10.6 Å². The van der Waals surface area contributed by atoms with Crippen LogP contribution in [0.4, 0.5) is 5.82 Å². The van der Waals surface area contributed by atoms with Crippen molar-refractivity contribution in [3.63, 3.8) is 0 Å². The van der Waals surface area contributed by atoms with Gasteiger partial charge in [-0.2, -0.15) is 5.10 Å². The first kappa shape index (κ1) is 17.3. The van der Waals surface area contributed by atoms with E-state index in [1.54, 1.807) is 11.3 Å². The minimum absolute atomic E-state index is 0.0602. The fourth-order valence-corrected chi connectivity index (χ4v) is 4.33. The minimum atomic E-state index is 0.0602. The van der Waals surface area contributed by atoms with E-state index in [4.69, 9.17) is 0 Å². The molecule has 0 bridgehead atoms. The molecule has 1 unspecified atom stereocenters. The molecule has 3 heterocycles. The van der Waals surface area contributed by atoms with E-state index >= 15 is 0 Å². The number of rotatable bonds is 5. The third kappa shape index (κ3) is 3.83. The number of aromatic amines is 1. The highest BCUT2D eigenvalue weighted by Crippen LogP contribution is 2.27. The van der Waals surface area contributed by atoms with Crippen LogP contribution in [0.5, 0.6) is 0 Å². The first-order valence-electron chi connectivity index (χ1n) is 8.56. The second-order valence-corrected chi connectivity index (χ2v) is 8.19. The summed E-state index contributed by atoms with van der Waals surface area (Å²) >= 11 is 5.19. The molecule has 1 aliphatic heterocycles. The zero-order valence-corrected chi connectivity index (χ0v) is 16.5. The Labute approximate surface area is 164 Å². The Kier molecular flexibility index (Phi) is 5.08. The molecule has 1 fully saturated rings. The summed E-state index contributed by atoms with van der Waals surface area (Å²) in [6.07, 6.45) is 1.33. The van der Waals surface area contributed by atoms with Gasteiger partial charge in [0, 0.05) is 29.7 Å². The summed E-state index contributed by atoms with van der Waals surface area (Å²) in [7, 11) is 0. The number of thiophene rings is 1. The lowest BCUT2D eigenvalue weighted by Gasteiger charge is -2.16. The third-order valence-corrected chi connectivity index (χ3v) is 6.21. The fraction of sp³-hybridized carbons (Fsp3) is 0.263. The Balaban J connectivity index is 1.34. The van der Waals surface area contributed by atoms with Gasteiger partial charge >= 0.3 is 0 Å². The van der Waals surface area contributed by atoms with Crippen molar-refractivity contribution >= 4 is 39.0 Å². The molecular weight excluding hydrogens is 412 g/mol. The number of carbonyl (C=O) groups is 1. The summed E-state index contributed by atoms with van der Waals surface area (Å²) in [6.45, 7) is 1.69. The first-order chi connectivity index (χ1) is 12.7. The Morgan fingerprint density at radius 3 is 3.04 bits per heavy atom. The highest BCUT2D eigenvalue weighted by molar-refractivity contribution is 9.10. The van der Waals surface area contributed by atoms with Gasteiger partial charge in [-0.05, 0) is 29.5 Å². The molecule has 1 saturated heterocycles. The van der Waals surface area contributed by atoms with Gasteiger partial charge in [0.1, 0.15) is 0 Å². The maximum absolute atomic E-state index is 12.4. The van der Waals surface area contributed by atoms with Gasteiger partial charge in [-0.3, -0.25) is 9.89 Å². The van der Waals surface area contributed by atoms with E-state index in [0.29, 0.717) is 6.42 Å². The van der Waals surface area contributed by atoms with E-state index in [0.717, 1.165) is 41.1 Å². The molecule has 134 valence electrons. The van der Waals surface area contributed by atoms with Gasteiger partial charge in [-0.15, -0.1) is 11.3 Å². The topological polar surface area (TPSA) is 61.0 Å². The predicted molar refractivity (Wildman–Crippen MR) is 109 cm³/mol. The Morgan fingerprint density at radius 2 is 2.23 bits per heavy atom. The molecule has 0 radical (unpaired) electrons. The lowest BCUT2D eigenvalue weighted by Crippen LogP contribution is -2.38. The van der Waals surface area contributed by atoms with Crippen molar-refractivity contribution in [2.24, 2.45) is 0 Å². The normalized spacial score (nSPS) is 16.8. The van der Waals surface area contributed by atoms with Crippen LogP contribution in [-0.4, -0.2) is 35.2 Å². The van der Waals surface area contributed by atoms with Crippen LogP contribution in [0.3, 0.4) is 0 Å². The van der Waals surface area contributed by atoms with E-state index in [1.165, 1.54) is 4.88 Å².